The molecule has 2 aliphatic rings. The molecule has 2 aromatic carbocycles. The highest BCUT2D eigenvalue weighted by molar-refractivity contribution is 5.84. The second-order valence-electron chi connectivity index (χ2n) is 7.93. The SMILES string of the molecule is Nc1ccccc1NC1CC2(C1)CC(c1n[nH]c(=O)c3ccccc13)C2. The molecule has 1 heterocycles. The molecule has 0 saturated heterocycles. The molecule has 1 aromatic heterocycles. The first-order valence-corrected chi connectivity index (χ1v) is 9.22. The van der Waals surface area contributed by atoms with E-state index in [1.807, 2.05) is 48.5 Å². The average Bonchev–Trinajstić information content (AvgIpc) is 2.59. The summed E-state index contributed by atoms with van der Waals surface area (Å²) < 4.78 is 0. The lowest BCUT2D eigenvalue weighted by molar-refractivity contribution is -0.00284. The Morgan fingerprint density at radius 1 is 1.00 bits per heavy atom. The van der Waals surface area contributed by atoms with E-state index in [9.17, 15) is 4.79 Å². The fraction of sp³-hybridized carbons (Fsp3) is 0.333. The Labute approximate surface area is 151 Å². The van der Waals surface area contributed by atoms with E-state index >= 15 is 0 Å². The summed E-state index contributed by atoms with van der Waals surface area (Å²) in [6.45, 7) is 0. The molecule has 0 bridgehead atoms. The molecule has 0 atom stereocenters. The third kappa shape index (κ3) is 2.38. The number of nitrogens with zero attached hydrogens (tertiary/aromatic N) is 1. The first-order valence-electron chi connectivity index (χ1n) is 9.22. The van der Waals surface area contributed by atoms with Gasteiger partial charge >= 0.3 is 0 Å². The lowest BCUT2D eigenvalue weighted by Crippen LogP contribution is -2.52. The number of hydrogen-bond donors (Lipinski definition) is 3. The van der Waals surface area contributed by atoms with Crippen molar-refractivity contribution in [2.75, 3.05) is 11.1 Å². The van der Waals surface area contributed by atoms with Crippen molar-refractivity contribution in [2.45, 2.75) is 37.6 Å². The second kappa shape index (κ2) is 5.59. The number of nitrogens with two attached hydrogens (primary N) is 1. The van der Waals surface area contributed by atoms with Crippen molar-refractivity contribution in [2.24, 2.45) is 5.41 Å². The van der Waals surface area contributed by atoms with Crippen molar-refractivity contribution in [3.05, 3.63) is 64.6 Å². The van der Waals surface area contributed by atoms with E-state index in [0.29, 0.717) is 17.4 Å². The zero-order valence-electron chi connectivity index (χ0n) is 14.5. The molecule has 3 aromatic rings. The van der Waals surface area contributed by atoms with Crippen molar-refractivity contribution in [1.82, 2.24) is 10.2 Å². The fourth-order valence-corrected chi connectivity index (χ4v) is 4.90. The molecule has 0 unspecified atom stereocenters. The standard InChI is InChI=1S/C21H22N4O/c22-17-7-3-4-8-18(17)23-14-11-21(12-14)9-13(10-21)19-15-5-1-2-6-16(15)20(26)25-24-19/h1-8,13-14,23H,9-12,22H2,(H,25,26). The largest absolute Gasteiger partial charge is 0.397 e. The first-order chi connectivity index (χ1) is 12.6. The predicted octanol–water partition coefficient (Wildman–Crippen LogP) is 3.64. The molecule has 5 rings (SSSR count). The van der Waals surface area contributed by atoms with Crippen LogP contribution in [-0.4, -0.2) is 16.2 Å². The summed E-state index contributed by atoms with van der Waals surface area (Å²) in [5.74, 6) is 0.444. The normalized spacial score (nSPS) is 27.1. The summed E-state index contributed by atoms with van der Waals surface area (Å²) in [4.78, 5) is 12.0. The molecule has 1 spiro atoms. The van der Waals surface area contributed by atoms with E-state index in [2.05, 4.69) is 15.5 Å². The van der Waals surface area contributed by atoms with Gasteiger partial charge in [-0.1, -0.05) is 30.3 Å². The summed E-state index contributed by atoms with van der Waals surface area (Å²) >= 11 is 0. The number of nitrogen functional groups attached to an aromatic ring is 1. The third-order valence-corrected chi connectivity index (χ3v) is 6.15. The minimum Gasteiger partial charge on any atom is -0.397 e. The fourth-order valence-electron chi connectivity index (χ4n) is 4.90. The summed E-state index contributed by atoms with van der Waals surface area (Å²) in [6.07, 6.45) is 4.66. The molecule has 2 fully saturated rings. The minimum atomic E-state index is -0.105. The van der Waals surface area contributed by atoms with Gasteiger partial charge in [0, 0.05) is 17.3 Å². The molecular formula is C21H22N4O. The first kappa shape index (κ1) is 15.4. The van der Waals surface area contributed by atoms with E-state index < -0.39 is 0 Å². The lowest BCUT2D eigenvalue weighted by Gasteiger charge is -2.58. The van der Waals surface area contributed by atoms with Gasteiger partial charge < -0.3 is 11.1 Å². The number of anilines is 2. The number of hydrogen-bond acceptors (Lipinski definition) is 4. The molecule has 0 radical (unpaired) electrons. The van der Waals surface area contributed by atoms with Crippen LogP contribution in [0.1, 0.15) is 37.3 Å². The van der Waals surface area contributed by atoms with Crippen LogP contribution < -0.4 is 16.6 Å². The van der Waals surface area contributed by atoms with Crippen LogP contribution in [0.2, 0.25) is 0 Å². The van der Waals surface area contributed by atoms with Gasteiger partial charge in [-0.25, -0.2) is 5.10 Å². The smallest absolute Gasteiger partial charge is 0.272 e. The maximum Gasteiger partial charge on any atom is 0.272 e. The van der Waals surface area contributed by atoms with Crippen LogP contribution in [0.4, 0.5) is 11.4 Å². The molecule has 2 aliphatic carbocycles. The Hall–Kier alpha value is -2.82. The number of aromatic amines is 1. The van der Waals surface area contributed by atoms with Crippen LogP contribution in [0.3, 0.4) is 0 Å². The van der Waals surface area contributed by atoms with E-state index in [1.165, 1.54) is 12.8 Å². The van der Waals surface area contributed by atoms with Crippen LogP contribution in [0.15, 0.2) is 53.3 Å². The minimum absolute atomic E-state index is 0.105. The number of H-pyrrole nitrogens is 1. The molecule has 132 valence electrons. The molecule has 4 N–H and O–H groups in total. The van der Waals surface area contributed by atoms with E-state index in [1.54, 1.807) is 0 Å². The van der Waals surface area contributed by atoms with Crippen molar-refractivity contribution in [3.8, 4) is 0 Å². The maximum atomic E-state index is 12.0. The lowest BCUT2D eigenvalue weighted by atomic mass is 9.49. The van der Waals surface area contributed by atoms with E-state index in [-0.39, 0.29) is 5.56 Å². The Morgan fingerprint density at radius 2 is 1.69 bits per heavy atom. The summed E-state index contributed by atoms with van der Waals surface area (Å²) in [7, 11) is 0. The summed E-state index contributed by atoms with van der Waals surface area (Å²) in [6, 6.07) is 16.2. The molecule has 26 heavy (non-hydrogen) atoms. The van der Waals surface area contributed by atoms with Crippen LogP contribution in [0, 0.1) is 5.41 Å². The molecule has 5 heteroatoms. The van der Waals surface area contributed by atoms with Crippen LogP contribution >= 0.6 is 0 Å². The van der Waals surface area contributed by atoms with Gasteiger partial charge in [0.25, 0.3) is 5.56 Å². The third-order valence-electron chi connectivity index (χ3n) is 6.15. The highest BCUT2D eigenvalue weighted by Crippen LogP contribution is 2.62. The summed E-state index contributed by atoms with van der Waals surface area (Å²) in [5, 5.41) is 12.4. The summed E-state index contributed by atoms with van der Waals surface area (Å²) in [5.41, 5.74) is 9.25. The highest BCUT2D eigenvalue weighted by Gasteiger charge is 2.53. The van der Waals surface area contributed by atoms with Gasteiger partial charge in [0.1, 0.15) is 0 Å². The van der Waals surface area contributed by atoms with Crippen LogP contribution in [0.5, 0.6) is 0 Å². The number of nitrogens with one attached hydrogen (secondary N) is 2. The van der Waals surface area contributed by atoms with Crippen molar-refractivity contribution in [3.63, 3.8) is 0 Å². The molecular weight excluding hydrogens is 324 g/mol. The topological polar surface area (TPSA) is 83.8 Å². The van der Waals surface area contributed by atoms with Crippen LogP contribution in [0.25, 0.3) is 10.8 Å². The van der Waals surface area contributed by atoms with Crippen molar-refractivity contribution < 1.29 is 0 Å². The number of benzene rings is 2. The monoisotopic (exact) mass is 346 g/mol. The zero-order chi connectivity index (χ0) is 17.7. The molecule has 0 amide bonds. The maximum absolute atomic E-state index is 12.0. The Kier molecular flexibility index (Phi) is 3.32. The number of para-hydroxylation sites is 2. The predicted molar refractivity (Wildman–Crippen MR) is 104 cm³/mol. The Morgan fingerprint density at radius 3 is 2.46 bits per heavy atom. The van der Waals surface area contributed by atoms with Gasteiger partial charge in [0.2, 0.25) is 0 Å². The molecule has 0 aliphatic heterocycles. The van der Waals surface area contributed by atoms with Crippen molar-refractivity contribution in [1.29, 1.82) is 0 Å². The van der Waals surface area contributed by atoms with Gasteiger partial charge in [-0.05, 0) is 49.3 Å². The highest BCUT2D eigenvalue weighted by atomic mass is 16.1. The Balaban J connectivity index is 1.27. The van der Waals surface area contributed by atoms with Gasteiger partial charge in [-0.3, -0.25) is 4.79 Å². The van der Waals surface area contributed by atoms with Gasteiger partial charge in [-0.15, -0.1) is 0 Å². The van der Waals surface area contributed by atoms with Crippen LogP contribution in [-0.2, 0) is 0 Å². The van der Waals surface area contributed by atoms with E-state index in [4.69, 9.17) is 5.73 Å². The van der Waals surface area contributed by atoms with Gasteiger partial charge in [-0.2, -0.15) is 5.10 Å². The van der Waals surface area contributed by atoms with Crippen molar-refractivity contribution >= 4 is 22.1 Å². The Bertz CT molecular complexity index is 1030. The van der Waals surface area contributed by atoms with E-state index in [0.717, 1.165) is 40.7 Å². The van der Waals surface area contributed by atoms with Gasteiger partial charge in [0.15, 0.2) is 0 Å². The number of aromatic nitrogens is 2. The quantitative estimate of drug-likeness (QED) is 0.632. The van der Waals surface area contributed by atoms with Gasteiger partial charge in [0.05, 0.1) is 22.5 Å². The zero-order valence-corrected chi connectivity index (χ0v) is 14.5. The molecule has 5 nitrogen and oxygen atoms in total. The second-order valence-corrected chi connectivity index (χ2v) is 7.93. The average molecular weight is 346 g/mol. The molecule has 2 saturated carbocycles. The number of rotatable bonds is 3. The number of fused-ring (bicyclic) bond motifs is 1.